The van der Waals surface area contributed by atoms with Crippen LogP contribution in [0.5, 0.6) is 0 Å². The third-order valence-electron chi connectivity index (χ3n) is 1.69. The smallest absolute Gasteiger partial charge is 0.0913 e. The fourth-order valence-corrected chi connectivity index (χ4v) is 1.06. The molecular weight excluding hydrogens is 154 g/mol. The Morgan fingerprint density at radius 2 is 2.50 bits per heavy atom. The number of hydrogen-bond acceptors (Lipinski definition) is 3. The first-order valence-electron chi connectivity index (χ1n) is 4.23. The number of allylic oxidation sites excluding steroid dienone is 3. The highest BCUT2D eigenvalue weighted by atomic mass is 16.6. The van der Waals surface area contributed by atoms with Gasteiger partial charge in [0, 0.05) is 6.54 Å². The number of aliphatic hydroxyl groups excluding tert-OH is 1. The molecule has 0 aromatic rings. The molecule has 0 aromatic carbocycles. The summed E-state index contributed by atoms with van der Waals surface area (Å²) in [6.07, 6.45) is 8.53. The Morgan fingerprint density at radius 1 is 1.58 bits per heavy atom. The Labute approximate surface area is 72.7 Å². The minimum atomic E-state index is 0.0615. The fraction of sp³-hybridized carbons (Fsp3) is 0.556. The maximum atomic E-state index is 8.41. The molecule has 3 heteroatoms. The highest BCUT2D eigenvalue weighted by molar-refractivity contribution is 5.18. The van der Waals surface area contributed by atoms with E-state index in [1.54, 1.807) is 0 Å². The van der Waals surface area contributed by atoms with Crippen molar-refractivity contribution in [3.8, 4) is 0 Å². The van der Waals surface area contributed by atoms with Crippen LogP contribution in [-0.4, -0.2) is 24.9 Å². The molecular formula is C9H15NO2. The minimum absolute atomic E-state index is 0.0615. The zero-order chi connectivity index (χ0) is 8.65. The molecule has 0 amide bonds. The Kier molecular flexibility index (Phi) is 4.68. The lowest BCUT2D eigenvalue weighted by atomic mass is 10.1. The van der Waals surface area contributed by atoms with Gasteiger partial charge in [0.15, 0.2) is 0 Å². The van der Waals surface area contributed by atoms with Gasteiger partial charge in [-0.2, -0.15) is 5.48 Å². The van der Waals surface area contributed by atoms with Gasteiger partial charge >= 0.3 is 0 Å². The zero-order valence-electron chi connectivity index (χ0n) is 7.12. The predicted molar refractivity (Wildman–Crippen MR) is 47.5 cm³/mol. The summed E-state index contributed by atoms with van der Waals surface area (Å²) in [7, 11) is 0. The van der Waals surface area contributed by atoms with Gasteiger partial charge in [-0.1, -0.05) is 23.8 Å². The van der Waals surface area contributed by atoms with Crippen molar-refractivity contribution in [3.05, 3.63) is 23.8 Å². The summed E-state index contributed by atoms with van der Waals surface area (Å²) in [5, 5.41) is 8.41. The van der Waals surface area contributed by atoms with E-state index in [0.717, 1.165) is 19.4 Å². The van der Waals surface area contributed by atoms with Crippen molar-refractivity contribution >= 4 is 0 Å². The van der Waals surface area contributed by atoms with Crippen molar-refractivity contribution in [1.29, 1.82) is 0 Å². The molecule has 1 aliphatic carbocycles. The maximum Gasteiger partial charge on any atom is 0.0913 e. The summed E-state index contributed by atoms with van der Waals surface area (Å²) in [4.78, 5) is 4.92. The monoisotopic (exact) mass is 169 g/mol. The number of hydroxylamine groups is 1. The van der Waals surface area contributed by atoms with Crippen molar-refractivity contribution in [2.75, 3.05) is 19.8 Å². The lowest BCUT2D eigenvalue weighted by molar-refractivity contribution is 0.0221. The van der Waals surface area contributed by atoms with E-state index in [0.29, 0.717) is 6.61 Å². The second-order valence-corrected chi connectivity index (χ2v) is 2.68. The van der Waals surface area contributed by atoms with E-state index in [4.69, 9.17) is 9.94 Å². The van der Waals surface area contributed by atoms with E-state index < -0.39 is 0 Å². The van der Waals surface area contributed by atoms with Crippen LogP contribution in [0.2, 0.25) is 0 Å². The lowest BCUT2D eigenvalue weighted by Gasteiger charge is -2.09. The molecule has 0 saturated carbocycles. The summed E-state index contributed by atoms with van der Waals surface area (Å²) in [5.74, 6) is 0. The summed E-state index contributed by atoms with van der Waals surface area (Å²) in [6.45, 7) is 1.17. The van der Waals surface area contributed by atoms with Crippen LogP contribution >= 0.6 is 0 Å². The average Bonchev–Trinajstić information content (AvgIpc) is 2.14. The first-order chi connectivity index (χ1) is 5.93. The third-order valence-corrected chi connectivity index (χ3v) is 1.69. The lowest BCUT2D eigenvalue weighted by Crippen LogP contribution is -2.20. The summed E-state index contributed by atoms with van der Waals surface area (Å²) >= 11 is 0. The van der Waals surface area contributed by atoms with Gasteiger partial charge in [0.25, 0.3) is 0 Å². The molecule has 0 unspecified atom stereocenters. The van der Waals surface area contributed by atoms with Crippen LogP contribution in [-0.2, 0) is 4.84 Å². The number of hydrogen-bond donors (Lipinski definition) is 2. The SMILES string of the molecule is OCCONCC1=CC=CCC1. The number of nitrogens with one attached hydrogen (secondary N) is 1. The first kappa shape index (κ1) is 9.45. The largest absolute Gasteiger partial charge is 0.394 e. The van der Waals surface area contributed by atoms with Crippen molar-refractivity contribution in [1.82, 2.24) is 5.48 Å². The van der Waals surface area contributed by atoms with Crippen LogP contribution in [0, 0.1) is 0 Å². The van der Waals surface area contributed by atoms with Crippen LogP contribution < -0.4 is 5.48 Å². The van der Waals surface area contributed by atoms with Crippen LogP contribution in [0.4, 0.5) is 0 Å². The van der Waals surface area contributed by atoms with Gasteiger partial charge in [0.1, 0.15) is 0 Å². The molecule has 0 fully saturated rings. The molecule has 0 bridgehead atoms. The Morgan fingerprint density at radius 3 is 3.17 bits per heavy atom. The van der Waals surface area contributed by atoms with Gasteiger partial charge in [-0.25, -0.2) is 0 Å². The molecule has 0 spiro atoms. The van der Waals surface area contributed by atoms with Crippen molar-refractivity contribution in [3.63, 3.8) is 0 Å². The molecule has 68 valence electrons. The zero-order valence-corrected chi connectivity index (χ0v) is 7.12. The molecule has 0 radical (unpaired) electrons. The highest BCUT2D eigenvalue weighted by Gasteiger charge is 1.98. The Bertz CT molecular complexity index is 175. The van der Waals surface area contributed by atoms with Crippen molar-refractivity contribution < 1.29 is 9.94 Å². The van der Waals surface area contributed by atoms with E-state index >= 15 is 0 Å². The van der Waals surface area contributed by atoms with E-state index in [2.05, 4.69) is 23.7 Å². The summed E-state index contributed by atoms with van der Waals surface area (Å²) in [6, 6.07) is 0. The van der Waals surface area contributed by atoms with Crippen LogP contribution in [0.15, 0.2) is 23.8 Å². The summed E-state index contributed by atoms with van der Waals surface area (Å²) in [5.41, 5.74) is 4.14. The van der Waals surface area contributed by atoms with Gasteiger partial charge in [0.05, 0.1) is 13.2 Å². The second-order valence-electron chi connectivity index (χ2n) is 2.68. The van der Waals surface area contributed by atoms with Gasteiger partial charge in [-0.3, -0.25) is 4.84 Å². The van der Waals surface area contributed by atoms with Gasteiger partial charge in [-0.15, -0.1) is 0 Å². The Hall–Kier alpha value is -0.640. The normalized spacial score (nSPS) is 16.2. The van der Waals surface area contributed by atoms with E-state index in [-0.39, 0.29) is 6.61 Å². The van der Waals surface area contributed by atoms with Crippen LogP contribution in [0.1, 0.15) is 12.8 Å². The van der Waals surface area contributed by atoms with Crippen molar-refractivity contribution in [2.24, 2.45) is 0 Å². The standard InChI is InChI=1S/C9H15NO2/c11-6-7-12-10-8-9-4-2-1-3-5-9/h1-2,4,10-11H,3,5-8H2. The van der Waals surface area contributed by atoms with Crippen LogP contribution in [0.3, 0.4) is 0 Å². The maximum absolute atomic E-state index is 8.41. The van der Waals surface area contributed by atoms with Crippen molar-refractivity contribution in [2.45, 2.75) is 12.8 Å². The molecule has 12 heavy (non-hydrogen) atoms. The average molecular weight is 169 g/mol. The van der Waals surface area contributed by atoms with Gasteiger partial charge in [-0.05, 0) is 12.8 Å². The highest BCUT2D eigenvalue weighted by Crippen LogP contribution is 2.09. The summed E-state index contributed by atoms with van der Waals surface area (Å²) < 4.78 is 0. The molecule has 0 aromatic heterocycles. The molecule has 3 nitrogen and oxygen atoms in total. The van der Waals surface area contributed by atoms with E-state index in [9.17, 15) is 0 Å². The number of rotatable bonds is 5. The van der Waals surface area contributed by atoms with Gasteiger partial charge < -0.3 is 5.11 Å². The predicted octanol–water partition coefficient (Wildman–Crippen LogP) is 0.776. The quantitative estimate of drug-likeness (QED) is 0.472. The second kappa shape index (κ2) is 5.94. The van der Waals surface area contributed by atoms with E-state index in [1.165, 1.54) is 5.57 Å². The molecule has 0 saturated heterocycles. The molecule has 1 rings (SSSR count). The molecule has 0 heterocycles. The van der Waals surface area contributed by atoms with Crippen LogP contribution in [0.25, 0.3) is 0 Å². The third kappa shape index (κ3) is 3.67. The van der Waals surface area contributed by atoms with Gasteiger partial charge in [0.2, 0.25) is 0 Å². The minimum Gasteiger partial charge on any atom is -0.394 e. The molecule has 0 aliphatic heterocycles. The van der Waals surface area contributed by atoms with E-state index in [1.807, 2.05) is 0 Å². The molecule has 2 N–H and O–H groups in total. The fourth-order valence-electron chi connectivity index (χ4n) is 1.06. The Balaban J connectivity index is 2.06. The molecule has 1 aliphatic rings. The topological polar surface area (TPSA) is 41.5 Å². The first-order valence-corrected chi connectivity index (χ1v) is 4.23. The molecule has 0 atom stereocenters. The number of aliphatic hydroxyl groups is 1.